The Bertz CT molecular complexity index is 4210. The van der Waals surface area contributed by atoms with E-state index in [1.807, 2.05) is 29.5 Å². The lowest BCUT2D eigenvalue weighted by Crippen LogP contribution is -2.03. The van der Waals surface area contributed by atoms with Gasteiger partial charge >= 0.3 is 0 Å². The van der Waals surface area contributed by atoms with E-state index in [4.69, 9.17) is 0 Å². The van der Waals surface area contributed by atoms with Crippen molar-refractivity contribution in [2.24, 2.45) is 0 Å². The summed E-state index contributed by atoms with van der Waals surface area (Å²) in [6.45, 7) is 0. The van der Waals surface area contributed by atoms with Crippen LogP contribution >= 0.6 is 11.3 Å². The minimum atomic E-state index is -3.85. The molecule has 63 heavy (non-hydrogen) atoms. The minimum absolute atomic E-state index is 0.144. The fraction of sp³-hybridized carbons (Fsp3) is 0. The number of hydrogen-bond donors (Lipinski definition) is 0. The van der Waals surface area contributed by atoms with Gasteiger partial charge in [0.2, 0.25) is 9.84 Å². The number of aromatic nitrogens is 3. The van der Waals surface area contributed by atoms with Crippen LogP contribution in [0.5, 0.6) is 0 Å². The van der Waals surface area contributed by atoms with E-state index >= 15 is 0 Å². The quantitative estimate of drug-likeness (QED) is 0.173. The van der Waals surface area contributed by atoms with Crippen molar-refractivity contribution in [3.63, 3.8) is 0 Å². The number of nitrogens with zero attached hydrogens (tertiary/aromatic N) is 4. The van der Waals surface area contributed by atoms with E-state index < -0.39 is 9.84 Å². The number of para-hydroxylation sites is 3. The zero-order chi connectivity index (χ0) is 42.0. The average Bonchev–Trinajstić information content (AvgIpc) is 4.07. The van der Waals surface area contributed by atoms with Crippen molar-refractivity contribution in [3.8, 4) is 23.1 Å². The summed E-state index contributed by atoms with van der Waals surface area (Å²) in [5.74, 6) is 0. The monoisotopic (exact) mass is 844 g/mol. The Balaban J connectivity index is 1.14. The molecule has 0 radical (unpaired) electrons. The van der Waals surface area contributed by atoms with Gasteiger partial charge < -0.3 is 13.7 Å². The van der Waals surface area contributed by atoms with Gasteiger partial charge in [-0.25, -0.2) is 8.42 Å². The highest BCUT2D eigenvalue weighted by Gasteiger charge is 2.25. The van der Waals surface area contributed by atoms with Gasteiger partial charge in [0.15, 0.2) is 0 Å². The highest BCUT2D eigenvalue weighted by Crippen LogP contribution is 2.45. The molecule has 4 heterocycles. The second kappa shape index (κ2) is 13.3. The van der Waals surface area contributed by atoms with E-state index in [0.717, 1.165) is 82.5 Å². The van der Waals surface area contributed by atoms with Crippen LogP contribution in [0.15, 0.2) is 204 Å². The molecule has 13 rings (SSSR count). The first-order chi connectivity index (χ1) is 31.0. The van der Waals surface area contributed by atoms with E-state index in [0.29, 0.717) is 5.56 Å². The SMILES string of the molecule is N#Cc1ccc(S(=O)(=O)c2ccc(-n3c4cc5c6ccccc6n(-c6ccc7sc8ccccc8c7c6)c5cc4c4ccc5c6ccccc6n(-c6ccccc6)c5c43)cc2)cc1. The van der Waals surface area contributed by atoms with Gasteiger partial charge in [-0.2, -0.15) is 5.26 Å². The van der Waals surface area contributed by atoms with Crippen molar-refractivity contribution in [2.75, 3.05) is 0 Å². The number of thiophene rings is 1. The topological polar surface area (TPSA) is 72.7 Å². The molecule has 0 aliphatic heterocycles. The number of rotatable bonds is 5. The predicted octanol–water partition coefficient (Wildman–Crippen LogP) is 14.1. The van der Waals surface area contributed by atoms with E-state index in [1.54, 1.807) is 12.1 Å². The Morgan fingerprint density at radius 1 is 0.381 bits per heavy atom. The molecule has 6 nitrogen and oxygen atoms in total. The van der Waals surface area contributed by atoms with Crippen LogP contribution in [0.25, 0.3) is 103 Å². The van der Waals surface area contributed by atoms with Crippen molar-refractivity contribution >= 4 is 107 Å². The van der Waals surface area contributed by atoms with Crippen molar-refractivity contribution in [1.82, 2.24) is 13.7 Å². The highest BCUT2D eigenvalue weighted by molar-refractivity contribution is 7.91. The van der Waals surface area contributed by atoms with Crippen LogP contribution in [0, 0.1) is 11.3 Å². The first kappa shape index (κ1) is 35.8. The van der Waals surface area contributed by atoms with E-state index in [-0.39, 0.29) is 9.79 Å². The van der Waals surface area contributed by atoms with Gasteiger partial charge in [-0.15, -0.1) is 11.3 Å². The standard InChI is InChI=1S/C55H32N4O2S2/c56-33-34-18-23-38(24-19-34)63(60,61)39-25-20-36(21-26-39)59-51-31-45-41-13-5-7-15-48(41)57(37-22-29-53-47(30-37)42-14-6-9-17-52(42)62-53)50(45)32-46(51)44-28-27-43-40-12-4-8-16-49(40)58(54(43)55(44)59)35-10-2-1-3-11-35/h1-32H. The maximum atomic E-state index is 13.9. The Hall–Kier alpha value is -7.96. The molecular weight excluding hydrogens is 813 g/mol. The fourth-order valence-electron chi connectivity index (χ4n) is 9.87. The smallest absolute Gasteiger partial charge is 0.206 e. The molecule has 0 N–H and O–H groups in total. The minimum Gasteiger partial charge on any atom is -0.309 e. The van der Waals surface area contributed by atoms with Crippen molar-refractivity contribution in [2.45, 2.75) is 9.79 Å². The van der Waals surface area contributed by atoms with Crippen LogP contribution in [0.2, 0.25) is 0 Å². The summed E-state index contributed by atoms with van der Waals surface area (Å²) in [5.41, 5.74) is 9.84. The zero-order valence-corrected chi connectivity index (χ0v) is 35.0. The molecule has 0 amide bonds. The molecule has 0 fully saturated rings. The molecule has 13 aromatic rings. The van der Waals surface area contributed by atoms with Crippen LogP contribution in [0.1, 0.15) is 5.56 Å². The van der Waals surface area contributed by atoms with Gasteiger partial charge in [0.1, 0.15) is 0 Å². The summed E-state index contributed by atoms with van der Waals surface area (Å²) in [4.78, 5) is 0.325. The molecule has 296 valence electrons. The number of fused-ring (bicyclic) bond motifs is 13. The Kier molecular flexibility index (Phi) is 7.53. The van der Waals surface area contributed by atoms with Gasteiger partial charge in [0, 0.05) is 69.6 Å². The van der Waals surface area contributed by atoms with Gasteiger partial charge in [-0.05, 0) is 109 Å². The second-order valence-corrected chi connectivity index (χ2v) is 19.1. The lowest BCUT2D eigenvalue weighted by atomic mass is 10.1. The maximum Gasteiger partial charge on any atom is 0.206 e. The Morgan fingerprint density at radius 3 is 1.57 bits per heavy atom. The predicted molar refractivity (Wildman–Crippen MR) is 259 cm³/mol. The average molecular weight is 845 g/mol. The maximum absolute atomic E-state index is 13.9. The van der Waals surface area contributed by atoms with Crippen molar-refractivity contribution in [1.29, 1.82) is 5.26 Å². The molecule has 4 aromatic heterocycles. The summed E-state index contributed by atoms with van der Waals surface area (Å²) < 4.78 is 37.5. The zero-order valence-electron chi connectivity index (χ0n) is 33.4. The van der Waals surface area contributed by atoms with Crippen LogP contribution < -0.4 is 0 Å². The van der Waals surface area contributed by atoms with Crippen LogP contribution in [-0.4, -0.2) is 22.1 Å². The Morgan fingerprint density at radius 2 is 0.873 bits per heavy atom. The lowest BCUT2D eigenvalue weighted by Gasteiger charge is -2.13. The lowest BCUT2D eigenvalue weighted by molar-refractivity contribution is 0.596. The van der Waals surface area contributed by atoms with Crippen molar-refractivity contribution < 1.29 is 8.42 Å². The second-order valence-electron chi connectivity index (χ2n) is 16.0. The molecule has 0 saturated carbocycles. The first-order valence-corrected chi connectivity index (χ1v) is 23.0. The molecule has 0 bridgehead atoms. The van der Waals surface area contributed by atoms with Gasteiger partial charge in [0.25, 0.3) is 0 Å². The number of hydrogen-bond acceptors (Lipinski definition) is 4. The summed E-state index contributed by atoms with van der Waals surface area (Å²) in [6, 6.07) is 67.7. The molecular formula is C55H32N4O2S2. The molecule has 9 aromatic carbocycles. The van der Waals surface area contributed by atoms with Crippen LogP contribution in [0.4, 0.5) is 0 Å². The molecule has 0 saturated heterocycles. The van der Waals surface area contributed by atoms with Gasteiger partial charge in [-0.3, -0.25) is 0 Å². The third-order valence-corrected chi connectivity index (χ3v) is 15.6. The largest absolute Gasteiger partial charge is 0.309 e. The third-order valence-electron chi connectivity index (χ3n) is 12.7. The summed E-state index contributed by atoms with van der Waals surface area (Å²) >= 11 is 1.82. The molecule has 0 aliphatic carbocycles. The Labute approximate surface area is 364 Å². The first-order valence-electron chi connectivity index (χ1n) is 20.7. The van der Waals surface area contributed by atoms with Crippen LogP contribution in [-0.2, 0) is 9.84 Å². The number of benzene rings is 9. The summed E-state index contributed by atoms with van der Waals surface area (Å²) in [6.07, 6.45) is 0. The fourth-order valence-corrected chi connectivity index (χ4v) is 12.2. The number of nitriles is 1. The molecule has 0 aliphatic rings. The molecule has 0 atom stereocenters. The summed E-state index contributed by atoms with van der Waals surface area (Å²) in [7, 11) is -3.85. The van der Waals surface area contributed by atoms with E-state index in [2.05, 4.69) is 159 Å². The molecule has 8 heteroatoms. The number of sulfone groups is 1. The van der Waals surface area contributed by atoms with Crippen LogP contribution in [0.3, 0.4) is 0 Å². The molecule has 0 spiro atoms. The summed E-state index contributed by atoms with van der Waals surface area (Å²) in [5, 5.41) is 18.6. The van der Waals surface area contributed by atoms with E-state index in [1.165, 1.54) is 44.4 Å². The highest BCUT2D eigenvalue weighted by atomic mass is 32.2. The van der Waals surface area contributed by atoms with Crippen molar-refractivity contribution in [3.05, 3.63) is 200 Å². The van der Waals surface area contributed by atoms with Gasteiger partial charge in [-0.1, -0.05) is 84.9 Å². The van der Waals surface area contributed by atoms with E-state index in [9.17, 15) is 13.7 Å². The van der Waals surface area contributed by atoms with Gasteiger partial charge in [0.05, 0.1) is 54.5 Å². The normalized spacial score (nSPS) is 12.2. The third kappa shape index (κ3) is 5.12. The molecule has 0 unspecified atom stereocenters.